The number of ketones is 1. The molecule has 4 heteroatoms. The van der Waals surface area contributed by atoms with E-state index in [1.54, 1.807) is 38.1 Å². The standard InChI is InChI=1S/C16H23NO3/c1-16(2,20)11-17-9-7-13(8-10-17)15(19)12-3-5-14(18)6-4-12/h3-6,13,18,20H,7-11H2,1-2H3. The van der Waals surface area contributed by atoms with Gasteiger partial charge in [0.25, 0.3) is 0 Å². The molecular formula is C16H23NO3. The molecule has 0 bridgehead atoms. The van der Waals surface area contributed by atoms with E-state index < -0.39 is 5.60 Å². The van der Waals surface area contributed by atoms with Crippen LogP contribution in [-0.4, -0.2) is 46.1 Å². The van der Waals surface area contributed by atoms with Crippen LogP contribution < -0.4 is 0 Å². The smallest absolute Gasteiger partial charge is 0.166 e. The first kappa shape index (κ1) is 15.0. The molecule has 0 unspecified atom stereocenters. The summed E-state index contributed by atoms with van der Waals surface area (Å²) in [5.74, 6) is 0.395. The number of carbonyl (C=O) groups is 1. The van der Waals surface area contributed by atoms with E-state index in [0.717, 1.165) is 25.9 Å². The van der Waals surface area contributed by atoms with Gasteiger partial charge < -0.3 is 15.1 Å². The molecule has 0 radical (unpaired) electrons. The molecule has 0 atom stereocenters. The highest BCUT2D eigenvalue weighted by atomic mass is 16.3. The Labute approximate surface area is 120 Å². The molecule has 110 valence electrons. The molecule has 0 spiro atoms. The number of hydrogen-bond donors (Lipinski definition) is 2. The summed E-state index contributed by atoms with van der Waals surface area (Å²) in [7, 11) is 0. The Morgan fingerprint density at radius 3 is 2.30 bits per heavy atom. The second kappa shape index (κ2) is 5.94. The molecule has 0 aromatic heterocycles. The second-order valence-corrected chi connectivity index (χ2v) is 6.27. The zero-order valence-electron chi connectivity index (χ0n) is 12.2. The maximum Gasteiger partial charge on any atom is 0.166 e. The van der Waals surface area contributed by atoms with E-state index in [1.807, 2.05) is 0 Å². The number of β-amino-alcohol motifs (C(OH)–C–C–N with tert-alkyl or cyclic N) is 1. The maximum absolute atomic E-state index is 12.4. The lowest BCUT2D eigenvalue weighted by Gasteiger charge is -2.34. The van der Waals surface area contributed by atoms with Gasteiger partial charge in [0.2, 0.25) is 0 Å². The van der Waals surface area contributed by atoms with Gasteiger partial charge in [-0.15, -0.1) is 0 Å². The van der Waals surface area contributed by atoms with Crippen LogP contribution in [0.3, 0.4) is 0 Å². The van der Waals surface area contributed by atoms with E-state index in [-0.39, 0.29) is 17.5 Å². The normalized spacial score (nSPS) is 18.1. The first-order valence-electron chi connectivity index (χ1n) is 7.13. The van der Waals surface area contributed by atoms with Crippen molar-refractivity contribution in [3.63, 3.8) is 0 Å². The van der Waals surface area contributed by atoms with Gasteiger partial charge in [-0.25, -0.2) is 0 Å². The average Bonchev–Trinajstić information content (AvgIpc) is 2.38. The Hall–Kier alpha value is -1.39. The van der Waals surface area contributed by atoms with Gasteiger partial charge in [-0.05, 0) is 64.0 Å². The molecule has 20 heavy (non-hydrogen) atoms. The minimum atomic E-state index is -0.687. The van der Waals surface area contributed by atoms with Gasteiger partial charge in [0.15, 0.2) is 5.78 Å². The van der Waals surface area contributed by atoms with E-state index in [0.29, 0.717) is 12.1 Å². The van der Waals surface area contributed by atoms with Crippen LogP contribution >= 0.6 is 0 Å². The summed E-state index contributed by atoms with van der Waals surface area (Å²) >= 11 is 0. The predicted octanol–water partition coefficient (Wildman–Crippen LogP) is 2.06. The first-order chi connectivity index (χ1) is 9.35. The number of phenols is 1. The number of benzene rings is 1. The number of Topliss-reactive ketones (excluding diaryl/α,β-unsaturated/α-hetero) is 1. The van der Waals surface area contributed by atoms with Crippen LogP contribution in [0.5, 0.6) is 5.75 Å². The number of rotatable bonds is 4. The number of nitrogens with zero attached hydrogens (tertiary/aromatic N) is 1. The van der Waals surface area contributed by atoms with Gasteiger partial charge in [-0.2, -0.15) is 0 Å². The van der Waals surface area contributed by atoms with E-state index in [9.17, 15) is 15.0 Å². The number of carbonyl (C=O) groups excluding carboxylic acids is 1. The molecule has 1 saturated heterocycles. The van der Waals surface area contributed by atoms with Crippen molar-refractivity contribution in [3.8, 4) is 5.75 Å². The zero-order chi connectivity index (χ0) is 14.8. The molecule has 1 aliphatic heterocycles. The fraction of sp³-hybridized carbons (Fsp3) is 0.562. The fourth-order valence-corrected chi connectivity index (χ4v) is 2.76. The number of piperidine rings is 1. The molecule has 2 rings (SSSR count). The van der Waals surface area contributed by atoms with Gasteiger partial charge >= 0.3 is 0 Å². The molecule has 1 aromatic carbocycles. The monoisotopic (exact) mass is 277 g/mol. The summed E-state index contributed by atoms with van der Waals surface area (Å²) in [5, 5.41) is 19.1. The number of hydrogen-bond acceptors (Lipinski definition) is 4. The molecule has 1 fully saturated rings. The van der Waals surface area contributed by atoms with Gasteiger partial charge in [-0.3, -0.25) is 4.79 Å². The second-order valence-electron chi connectivity index (χ2n) is 6.27. The summed E-state index contributed by atoms with van der Waals surface area (Å²) in [4.78, 5) is 14.6. The molecule has 0 saturated carbocycles. The van der Waals surface area contributed by atoms with Crippen molar-refractivity contribution in [3.05, 3.63) is 29.8 Å². The van der Waals surface area contributed by atoms with Crippen molar-refractivity contribution in [2.24, 2.45) is 5.92 Å². The number of aliphatic hydroxyl groups is 1. The van der Waals surface area contributed by atoms with Crippen LogP contribution in [-0.2, 0) is 0 Å². The third-order valence-corrected chi connectivity index (χ3v) is 3.72. The van der Waals surface area contributed by atoms with Crippen LogP contribution in [0.15, 0.2) is 24.3 Å². The Balaban J connectivity index is 1.90. The summed E-state index contributed by atoms with van der Waals surface area (Å²) in [5.41, 5.74) is -0.0166. The Bertz CT molecular complexity index is 454. The van der Waals surface area contributed by atoms with Crippen molar-refractivity contribution in [1.82, 2.24) is 4.90 Å². The Kier molecular flexibility index (Phi) is 4.45. The largest absolute Gasteiger partial charge is 0.508 e. The average molecular weight is 277 g/mol. The van der Waals surface area contributed by atoms with Crippen molar-refractivity contribution in [2.75, 3.05) is 19.6 Å². The van der Waals surface area contributed by atoms with Crippen molar-refractivity contribution in [2.45, 2.75) is 32.3 Å². The number of phenolic OH excluding ortho intramolecular Hbond substituents is 1. The quantitative estimate of drug-likeness (QED) is 0.827. The lowest BCUT2D eigenvalue weighted by atomic mass is 9.88. The van der Waals surface area contributed by atoms with E-state index in [4.69, 9.17) is 0 Å². The molecule has 4 nitrogen and oxygen atoms in total. The fourth-order valence-electron chi connectivity index (χ4n) is 2.76. The van der Waals surface area contributed by atoms with E-state index >= 15 is 0 Å². The Morgan fingerprint density at radius 1 is 1.25 bits per heavy atom. The minimum absolute atomic E-state index is 0.0533. The van der Waals surface area contributed by atoms with Crippen LogP contribution in [0, 0.1) is 5.92 Å². The van der Waals surface area contributed by atoms with Crippen LogP contribution in [0.2, 0.25) is 0 Å². The highest BCUT2D eigenvalue weighted by molar-refractivity contribution is 5.98. The minimum Gasteiger partial charge on any atom is -0.508 e. The van der Waals surface area contributed by atoms with E-state index in [2.05, 4.69) is 4.90 Å². The third-order valence-electron chi connectivity index (χ3n) is 3.72. The van der Waals surface area contributed by atoms with Crippen molar-refractivity contribution < 1.29 is 15.0 Å². The third kappa shape index (κ3) is 4.05. The SMILES string of the molecule is CC(C)(O)CN1CCC(C(=O)c2ccc(O)cc2)CC1. The molecule has 2 N–H and O–H groups in total. The zero-order valence-corrected chi connectivity index (χ0v) is 12.2. The number of aromatic hydroxyl groups is 1. The molecule has 1 aliphatic rings. The van der Waals surface area contributed by atoms with Crippen LogP contribution in [0.1, 0.15) is 37.0 Å². The highest BCUT2D eigenvalue weighted by Crippen LogP contribution is 2.23. The summed E-state index contributed by atoms with van der Waals surface area (Å²) in [6, 6.07) is 6.47. The molecule has 1 aromatic rings. The topological polar surface area (TPSA) is 60.8 Å². The predicted molar refractivity (Wildman–Crippen MR) is 77.9 cm³/mol. The maximum atomic E-state index is 12.4. The van der Waals surface area contributed by atoms with Gasteiger partial charge in [0.1, 0.15) is 5.75 Å². The van der Waals surface area contributed by atoms with Gasteiger partial charge in [0, 0.05) is 18.0 Å². The highest BCUT2D eigenvalue weighted by Gasteiger charge is 2.28. The van der Waals surface area contributed by atoms with E-state index in [1.165, 1.54) is 0 Å². The lowest BCUT2D eigenvalue weighted by Crippen LogP contribution is -2.44. The molecule has 1 heterocycles. The number of likely N-dealkylation sites (tertiary alicyclic amines) is 1. The Morgan fingerprint density at radius 2 is 1.80 bits per heavy atom. The summed E-state index contributed by atoms with van der Waals surface area (Å²) < 4.78 is 0. The molecular weight excluding hydrogens is 254 g/mol. The summed E-state index contributed by atoms with van der Waals surface area (Å²) in [6.45, 7) is 5.95. The summed E-state index contributed by atoms with van der Waals surface area (Å²) in [6.07, 6.45) is 1.66. The van der Waals surface area contributed by atoms with Crippen LogP contribution in [0.4, 0.5) is 0 Å². The lowest BCUT2D eigenvalue weighted by molar-refractivity contribution is 0.0247. The van der Waals surface area contributed by atoms with Crippen LogP contribution in [0.25, 0.3) is 0 Å². The molecule has 0 amide bonds. The first-order valence-corrected chi connectivity index (χ1v) is 7.13. The van der Waals surface area contributed by atoms with Gasteiger partial charge in [0.05, 0.1) is 5.60 Å². The van der Waals surface area contributed by atoms with Crippen molar-refractivity contribution >= 4 is 5.78 Å². The molecule has 0 aliphatic carbocycles. The van der Waals surface area contributed by atoms with Crippen molar-refractivity contribution in [1.29, 1.82) is 0 Å². The van der Waals surface area contributed by atoms with Gasteiger partial charge in [-0.1, -0.05) is 0 Å².